The van der Waals surface area contributed by atoms with Crippen LogP contribution in [0.2, 0.25) is 0 Å². The molecule has 25 heavy (non-hydrogen) atoms. The van der Waals surface area contributed by atoms with Crippen molar-refractivity contribution in [1.29, 1.82) is 0 Å². The van der Waals surface area contributed by atoms with Gasteiger partial charge in [0.25, 0.3) is 0 Å². The second-order valence-corrected chi connectivity index (χ2v) is 6.69. The first-order chi connectivity index (χ1) is 12.2. The van der Waals surface area contributed by atoms with Gasteiger partial charge >= 0.3 is 0 Å². The SMILES string of the molecule is CN(Cc1ccccc1)c1ncccc1CNC(=O)Cc1ccsc1. The van der Waals surface area contributed by atoms with Gasteiger partial charge in [0.05, 0.1) is 6.42 Å². The van der Waals surface area contributed by atoms with E-state index >= 15 is 0 Å². The number of carbonyl (C=O) groups is 1. The number of hydrogen-bond acceptors (Lipinski definition) is 4. The molecule has 0 bridgehead atoms. The highest BCUT2D eigenvalue weighted by atomic mass is 32.1. The predicted octanol–water partition coefficient (Wildman–Crippen LogP) is 3.64. The van der Waals surface area contributed by atoms with Gasteiger partial charge < -0.3 is 10.2 Å². The standard InChI is InChI=1S/C20H21N3OS/c1-23(14-16-6-3-2-4-7-16)20-18(8-5-10-21-20)13-22-19(24)12-17-9-11-25-15-17/h2-11,15H,12-14H2,1H3,(H,22,24). The molecule has 3 rings (SSSR count). The number of anilines is 1. The van der Waals surface area contributed by atoms with Crippen molar-refractivity contribution in [2.24, 2.45) is 0 Å². The third-order valence-electron chi connectivity index (χ3n) is 3.91. The Labute approximate surface area is 152 Å². The first-order valence-corrected chi connectivity index (χ1v) is 9.13. The molecule has 1 aromatic carbocycles. The molecule has 4 nitrogen and oxygen atoms in total. The average molecular weight is 351 g/mol. The van der Waals surface area contributed by atoms with Gasteiger partial charge in [0.1, 0.15) is 5.82 Å². The highest BCUT2D eigenvalue weighted by molar-refractivity contribution is 7.08. The molecule has 5 heteroatoms. The molecule has 0 radical (unpaired) electrons. The Bertz CT molecular complexity index is 803. The largest absolute Gasteiger partial charge is 0.355 e. The van der Waals surface area contributed by atoms with Crippen molar-refractivity contribution in [3.63, 3.8) is 0 Å². The van der Waals surface area contributed by atoms with E-state index in [0.29, 0.717) is 13.0 Å². The molecule has 0 unspecified atom stereocenters. The quantitative estimate of drug-likeness (QED) is 0.707. The van der Waals surface area contributed by atoms with E-state index in [1.165, 1.54) is 5.56 Å². The van der Waals surface area contributed by atoms with Gasteiger partial charge in [-0.25, -0.2) is 4.98 Å². The maximum absolute atomic E-state index is 12.1. The molecule has 2 heterocycles. The van der Waals surface area contributed by atoms with Crippen molar-refractivity contribution < 1.29 is 4.79 Å². The molecule has 0 aliphatic rings. The summed E-state index contributed by atoms with van der Waals surface area (Å²) in [4.78, 5) is 18.7. The number of carbonyl (C=O) groups excluding carboxylic acids is 1. The summed E-state index contributed by atoms with van der Waals surface area (Å²) in [7, 11) is 2.02. The Kier molecular flexibility index (Phi) is 5.80. The minimum atomic E-state index is 0.0268. The molecule has 1 N–H and O–H groups in total. The number of aromatic nitrogens is 1. The molecule has 128 valence electrons. The highest BCUT2D eigenvalue weighted by Crippen LogP contribution is 2.18. The third-order valence-corrected chi connectivity index (χ3v) is 4.64. The van der Waals surface area contributed by atoms with Crippen LogP contribution < -0.4 is 10.2 Å². The van der Waals surface area contributed by atoms with Gasteiger partial charge in [-0.15, -0.1) is 0 Å². The number of hydrogen-bond donors (Lipinski definition) is 1. The molecule has 2 aromatic heterocycles. The fourth-order valence-electron chi connectivity index (χ4n) is 2.68. The average Bonchev–Trinajstić information content (AvgIpc) is 3.14. The zero-order valence-corrected chi connectivity index (χ0v) is 15.0. The first kappa shape index (κ1) is 17.2. The van der Waals surface area contributed by atoms with Crippen LogP contribution in [0.15, 0.2) is 65.5 Å². The molecule has 0 saturated heterocycles. The molecular weight excluding hydrogens is 330 g/mol. The highest BCUT2D eigenvalue weighted by Gasteiger charge is 2.11. The smallest absolute Gasteiger partial charge is 0.224 e. The lowest BCUT2D eigenvalue weighted by Gasteiger charge is -2.21. The number of rotatable bonds is 7. The van der Waals surface area contributed by atoms with Crippen molar-refractivity contribution in [3.05, 3.63) is 82.2 Å². The van der Waals surface area contributed by atoms with E-state index in [0.717, 1.165) is 23.5 Å². The summed E-state index contributed by atoms with van der Waals surface area (Å²) >= 11 is 1.61. The van der Waals surface area contributed by atoms with Gasteiger partial charge in [-0.1, -0.05) is 36.4 Å². The molecule has 0 spiro atoms. The Hall–Kier alpha value is -2.66. The fraction of sp³-hybridized carbons (Fsp3) is 0.200. The number of nitrogens with zero attached hydrogens (tertiary/aromatic N) is 2. The predicted molar refractivity (Wildman–Crippen MR) is 103 cm³/mol. The number of amides is 1. The van der Waals surface area contributed by atoms with Gasteiger partial charge in [0, 0.05) is 31.9 Å². The van der Waals surface area contributed by atoms with Crippen LogP contribution >= 0.6 is 11.3 Å². The topological polar surface area (TPSA) is 45.2 Å². The van der Waals surface area contributed by atoms with Crippen LogP contribution in [-0.2, 0) is 24.3 Å². The third kappa shape index (κ3) is 4.90. The van der Waals surface area contributed by atoms with Crippen LogP contribution in [0.25, 0.3) is 0 Å². The maximum Gasteiger partial charge on any atom is 0.224 e. The van der Waals surface area contributed by atoms with E-state index in [-0.39, 0.29) is 5.91 Å². The summed E-state index contributed by atoms with van der Waals surface area (Å²) in [5.74, 6) is 0.918. The molecule has 0 atom stereocenters. The van der Waals surface area contributed by atoms with E-state index in [4.69, 9.17) is 0 Å². The lowest BCUT2D eigenvalue weighted by atomic mass is 10.2. The van der Waals surface area contributed by atoms with Crippen molar-refractivity contribution in [2.45, 2.75) is 19.5 Å². The first-order valence-electron chi connectivity index (χ1n) is 8.19. The van der Waals surface area contributed by atoms with Gasteiger partial charge in [0.15, 0.2) is 0 Å². The lowest BCUT2D eigenvalue weighted by molar-refractivity contribution is -0.120. The molecule has 3 aromatic rings. The zero-order valence-electron chi connectivity index (χ0n) is 14.2. The Morgan fingerprint density at radius 2 is 1.96 bits per heavy atom. The lowest BCUT2D eigenvalue weighted by Crippen LogP contribution is -2.26. The summed E-state index contributed by atoms with van der Waals surface area (Å²) in [6.45, 7) is 1.25. The van der Waals surface area contributed by atoms with Gasteiger partial charge in [-0.05, 0) is 34.0 Å². The van der Waals surface area contributed by atoms with Crippen molar-refractivity contribution in [1.82, 2.24) is 10.3 Å². The Morgan fingerprint density at radius 3 is 2.72 bits per heavy atom. The van der Waals surface area contributed by atoms with Crippen molar-refractivity contribution in [3.8, 4) is 0 Å². The summed E-state index contributed by atoms with van der Waals surface area (Å²) in [6, 6.07) is 16.2. The van der Waals surface area contributed by atoms with E-state index in [2.05, 4.69) is 27.3 Å². The van der Waals surface area contributed by atoms with Crippen molar-refractivity contribution in [2.75, 3.05) is 11.9 Å². The number of pyridine rings is 1. The minimum absolute atomic E-state index is 0.0268. The monoisotopic (exact) mass is 351 g/mol. The van der Waals surface area contributed by atoms with Crippen LogP contribution in [0, 0.1) is 0 Å². The summed E-state index contributed by atoms with van der Waals surface area (Å²) in [5.41, 5.74) is 3.29. The van der Waals surface area contributed by atoms with Crippen molar-refractivity contribution >= 4 is 23.1 Å². The van der Waals surface area contributed by atoms with Gasteiger partial charge in [-0.2, -0.15) is 11.3 Å². The molecule has 1 amide bonds. The van der Waals surface area contributed by atoms with E-state index in [9.17, 15) is 4.79 Å². The van der Waals surface area contributed by atoms with Crippen LogP contribution in [0.1, 0.15) is 16.7 Å². The van der Waals surface area contributed by atoms with Crippen LogP contribution in [0.5, 0.6) is 0 Å². The van der Waals surface area contributed by atoms with Gasteiger partial charge in [-0.3, -0.25) is 4.79 Å². The Balaban J connectivity index is 1.63. The number of thiophene rings is 1. The van der Waals surface area contributed by atoms with Crippen LogP contribution in [0.3, 0.4) is 0 Å². The van der Waals surface area contributed by atoms with E-state index in [1.54, 1.807) is 17.5 Å². The molecule has 0 saturated carbocycles. The maximum atomic E-state index is 12.1. The second-order valence-electron chi connectivity index (χ2n) is 5.91. The van der Waals surface area contributed by atoms with E-state index in [1.807, 2.05) is 54.2 Å². The van der Waals surface area contributed by atoms with Gasteiger partial charge in [0.2, 0.25) is 5.91 Å². The van der Waals surface area contributed by atoms with Crippen LogP contribution in [-0.4, -0.2) is 17.9 Å². The molecule has 0 aliphatic carbocycles. The summed E-state index contributed by atoms with van der Waals surface area (Å²) < 4.78 is 0. The minimum Gasteiger partial charge on any atom is -0.355 e. The molecular formula is C20H21N3OS. The second kappa shape index (κ2) is 8.44. The normalized spacial score (nSPS) is 10.4. The summed E-state index contributed by atoms with van der Waals surface area (Å²) in [5, 5.41) is 6.98. The Morgan fingerprint density at radius 1 is 1.12 bits per heavy atom. The van der Waals surface area contributed by atoms with E-state index < -0.39 is 0 Å². The fourth-order valence-corrected chi connectivity index (χ4v) is 3.35. The number of nitrogens with one attached hydrogen (secondary N) is 1. The summed E-state index contributed by atoms with van der Waals surface area (Å²) in [6.07, 6.45) is 2.20. The molecule has 0 fully saturated rings. The number of benzene rings is 1. The zero-order chi connectivity index (χ0) is 17.5. The molecule has 0 aliphatic heterocycles. The van der Waals surface area contributed by atoms with Crippen LogP contribution in [0.4, 0.5) is 5.82 Å².